The molecule has 3 rings (SSSR count). The summed E-state index contributed by atoms with van der Waals surface area (Å²) in [5.74, 6) is -1.05. The van der Waals surface area contributed by atoms with E-state index in [1.165, 1.54) is 16.4 Å². The third kappa shape index (κ3) is 5.75. The number of nitrogens with zero attached hydrogens (tertiary/aromatic N) is 2. The molecule has 186 valence electrons. The van der Waals surface area contributed by atoms with Gasteiger partial charge in [0.05, 0.1) is 23.7 Å². The molecule has 0 N–H and O–H groups in total. The van der Waals surface area contributed by atoms with Gasteiger partial charge < -0.3 is 18.8 Å². The Morgan fingerprint density at radius 3 is 2.44 bits per heavy atom. The molecule has 0 amide bonds. The summed E-state index contributed by atoms with van der Waals surface area (Å²) in [7, 11) is -2.11. The van der Waals surface area contributed by atoms with Gasteiger partial charge in [-0.25, -0.2) is 13.2 Å². The Balaban J connectivity index is 1.71. The van der Waals surface area contributed by atoms with E-state index in [0.717, 1.165) is 24.4 Å². The summed E-state index contributed by atoms with van der Waals surface area (Å²) in [5.41, 5.74) is 2.94. The predicted octanol–water partition coefficient (Wildman–Crippen LogP) is 2.51. The average Bonchev–Trinajstić information content (AvgIpc) is 3.11. The second kappa shape index (κ2) is 11.3. The molecule has 0 bridgehead atoms. The topological polar surface area (TPSA) is 104 Å². The summed E-state index contributed by atoms with van der Waals surface area (Å²) in [6, 6.07) is 6.15. The normalized spacial score (nSPS) is 14.8. The van der Waals surface area contributed by atoms with Crippen molar-refractivity contribution in [2.45, 2.75) is 38.6 Å². The van der Waals surface area contributed by atoms with Crippen molar-refractivity contribution in [3.63, 3.8) is 0 Å². The third-order valence-corrected chi connectivity index (χ3v) is 7.87. The lowest BCUT2D eigenvalue weighted by molar-refractivity contribution is 0.0473. The Kier molecular flexibility index (Phi) is 8.64. The molecule has 1 aromatic heterocycles. The number of rotatable bonds is 10. The number of carbonyl (C=O) groups excluding carboxylic acids is 2. The monoisotopic (exact) mass is 492 g/mol. The molecule has 1 aromatic carbocycles. The minimum absolute atomic E-state index is 0.0119. The van der Waals surface area contributed by atoms with Crippen LogP contribution in [0.1, 0.15) is 44.1 Å². The Morgan fingerprint density at radius 1 is 1.06 bits per heavy atom. The van der Waals surface area contributed by atoms with Gasteiger partial charge in [-0.3, -0.25) is 4.79 Å². The van der Waals surface area contributed by atoms with Gasteiger partial charge in [0.25, 0.3) is 0 Å². The first kappa shape index (κ1) is 26.1. The highest BCUT2D eigenvalue weighted by Crippen LogP contribution is 2.22. The molecule has 10 heteroatoms. The molecule has 1 fully saturated rings. The van der Waals surface area contributed by atoms with Crippen LogP contribution in [-0.4, -0.2) is 75.7 Å². The van der Waals surface area contributed by atoms with Crippen LogP contribution in [0.15, 0.2) is 29.2 Å². The Labute approximate surface area is 200 Å². The Hall–Kier alpha value is -2.53. The number of ketones is 1. The van der Waals surface area contributed by atoms with Crippen molar-refractivity contribution in [3.05, 3.63) is 52.3 Å². The molecule has 0 atom stereocenters. The number of hydrogen-bond acceptors (Lipinski definition) is 7. The van der Waals surface area contributed by atoms with E-state index in [1.54, 1.807) is 26.2 Å². The third-order valence-electron chi connectivity index (χ3n) is 5.98. The standard InChI is InChI=1S/C24H32N2O7S/c1-17-6-7-20(34(29,30)25-9-12-32-13-10-25)15-21(17)24(28)33-16-23(27)22-14-18(2)26(19(22)3)8-5-11-31-4/h6-7,14-15H,5,8-13,16H2,1-4H3. The summed E-state index contributed by atoms with van der Waals surface area (Å²) in [6.07, 6.45) is 0.818. The highest BCUT2D eigenvalue weighted by atomic mass is 32.2. The van der Waals surface area contributed by atoms with Crippen LogP contribution in [-0.2, 0) is 30.8 Å². The zero-order valence-corrected chi connectivity index (χ0v) is 20.9. The lowest BCUT2D eigenvalue weighted by Crippen LogP contribution is -2.40. The summed E-state index contributed by atoms with van der Waals surface area (Å²) in [4.78, 5) is 25.6. The summed E-state index contributed by atoms with van der Waals surface area (Å²) < 4.78 is 44.9. The number of aryl methyl sites for hydroxylation is 2. The minimum atomic E-state index is -3.76. The number of ether oxygens (including phenoxy) is 3. The van der Waals surface area contributed by atoms with Crippen LogP contribution < -0.4 is 0 Å². The molecule has 34 heavy (non-hydrogen) atoms. The van der Waals surface area contributed by atoms with Gasteiger partial charge >= 0.3 is 5.97 Å². The molecule has 0 spiro atoms. The molecular weight excluding hydrogens is 460 g/mol. The predicted molar refractivity (Wildman–Crippen MR) is 126 cm³/mol. The number of morpholine rings is 1. The molecule has 0 aliphatic carbocycles. The molecule has 0 saturated carbocycles. The lowest BCUT2D eigenvalue weighted by atomic mass is 10.1. The van der Waals surface area contributed by atoms with Crippen molar-refractivity contribution in [1.29, 1.82) is 0 Å². The summed E-state index contributed by atoms with van der Waals surface area (Å²) in [6.45, 7) is 7.57. The number of sulfonamides is 1. The fraction of sp³-hybridized carbons (Fsp3) is 0.500. The number of carbonyl (C=O) groups is 2. The fourth-order valence-corrected chi connectivity index (χ4v) is 5.43. The molecule has 1 saturated heterocycles. The molecule has 9 nitrogen and oxygen atoms in total. The van der Waals surface area contributed by atoms with Crippen LogP contribution in [0.2, 0.25) is 0 Å². The fourth-order valence-electron chi connectivity index (χ4n) is 4.00. The summed E-state index contributed by atoms with van der Waals surface area (Å²) in [5, 5.41) is 0. The Bertz CT molecular complexity index is 1150. The smallest absolute Gasteiger partial charge is 0.338 e. The van der Waals surface area contributed by atoms with E-state index in [2.05, 4.69) is 0 Å². The van der Waals surface area contributed by atoms with E-state index in [1.807, 2.05) is 18.4 Å². The zero-order valence-electron chi connectivity index (χ0n) is 20.1. The molecule has 0 radical (unpaired) electrons. The van der Waals surface area contributed by atoms with Crippen LogP contribution in [0.3, 0.4) is 0 Å². The maximum absolute atomic E-state index is 12.9. The van der Waals surface area contributed by atoms with Crippen LogP contribution in [0, 0.1) is 20.8 Å². The average molecular weight is 493 g/mol. The van der Waals surface area contributed by atoms with Crippen molar-refractivity contribution in [2.24, 2.45) is 0 Å². The maximum Gasteiger partial charge on any atom is 0.338 e. The van der Waals surface area contributed by atoms with Crippen LogP contribution in [0.25, 0.3) is 0 Å². The minimum Gasteiger partial charge on any atom is -0.454 e. The number of Topliss-reactive ketones (excluding diaryl/α,β-unsaturated/α-hetero) is 1. The van der Waals surface area contributed by atoms with Gasteiger partial charge in [-0.1, -0.05) is 6.07 Å². The van der Waals surface area contributed by atoms with Gasteiger partial charge in [0.1, 0.15) is 0 Å². The number of hydrogen-bond donors (Lipinski definition) is 0. The highest BCUT2D eigenvalue weighted by molar-refractivity contribution is 7.89. The van der Waals surface area contributed by atoms with Crippen molar-refractivity contribution in [2.75, 3.05) is 46.6 Å². The molecule has 1 aliphatic heterocycles. The zero-order chi connectivity index (χ0) is 24.9. The maximum atomic E-state index is 12.9. The molecule has 0 unspecified atom stereocenters. The van der Waals surface area contributed by atoms with Crippen molar-refractivity contribution < 1.29 is 32.2 Å². The summed E-state index contributed by atoms with van der Waals surface area (Å²) >= 11 is 0. The first-order chi connectivity index (χ1) is 16.2. The van der Waals surface area contributed by atoms with Crippen LogP contribution >= 0.6 is 0 Å². The number of aromatic nitrogens is 1. The van der Waals surface area contributed by atoms with Gasteiger partial charge in [-0.05, 0) is 51.0 Å². The highest BCUT2D eigenvalue weighted by Gasteiger charge is 2.28. The van der Waals surface area contributed by atoms with E-state index in [0.29, 0.717) is 30.9 Å². The van der Waals surface area contributed by atoms with Gasteiger partial charge in [-0.15, -0.1) is 0 Å². The van der Waals surface area contributed by atoms with Crippen LogP contribution in [0.5, 0.6) is 0 Å². The molecule has 2 aromatic rings. The largest absolute Gasteiger partial charge is 0.454 e. The van der Waals surface area contributed by atoms with Crippen molar-refractivity contribution in [1.82, 2.24) is 8.87 Å². The van der Waals surface area contributed by atoms with E-state index >= 15 is 0 Å². The van der Waals surface area contributed by atoms with E-state index in [9.17, 15) is 18.0 Å². The Morgan fingerprint density at radius 2 is 1.76 bits per heavy atom. The molecular formula is C24H32N2O7S. The van der Waals surface area contributed by atoms with Gasteiger partial charge in [0.2, 0.25) is 15.8 Å². The van der Waals surface area contributed by atoms with Crippen molar-refractivity contribution in [3.8, 4) is 0 Å². The first-order valence-electron chi connectivity index (χ1n) is 11.2. The van der Waals surface area contributed by atoms with Gasteiger partial charge in [0.15, 0.2) is 6.61 Å². The number of methoxy groups -OCH3 is 1. The van der Waals surface area contributed by atoms with Gasteiger partial charge in [-0.2, -0.15) is 4.31 Å². The SMILES string of the molecule is COCCCn1c(C)cc(C(=O)COC(=O)c2cc(S(=O)(=O)N3CCOCC3)ccc2C)c1C. The second-order valence-electron chi connectivity index (χ2n) is 8.28. The van der Waals surface area contributed by atoms with E-state index in [4.69, 9.17) is 14.2 Å². The molecule has 1 aliphatic rings. The van der Waals surface area contributed by atoms with Gasteiger partial charge in [0, 0.05) is 50.3 Å². The lowest BCUT2D eigenvalue weighted by Gasteiger charge is -2.26. The van der Waals surface area contributed by atoms with Crippen molar-refractivity contribution >= 4 is 21.8 Å². The van der Waals surface area contributed by atoms with E-state index in [-0.39, 0.29) is 29.3 Å². The quantitative estimate of drug-likeness (QED) is 0.285. The first-order valence-corrected chi connectivity index (χ1v) is 12.7. The number of benzene rings is 1. The molecule has 2 heterocycles. The second-order valence-corrected chi connectivity index (χ2v) is 10.2. The number of esters is 1. The van der Waals surface area contributed by atoms with Crippen LogP contribution in [0.4, 0.5) is 0 Å². The van der Waals surface area contributed by atoms with E-state index < -0.39 is 22.6 Å².